The first-order valence-electron chi connectivity index (χ1n) is 3.14. The average molecular weight is 157 g/mol. The van der Waals surface area contributed by atoms with Gasteiger partial charge in [-0.3, -0.25) is 9.59 Å². The Morgan fingerprint density at radius 3 is 2.55 bits per heavy atom. The molecule has 1 N–H and O–H groups in total. The van der Waals surface area contributed by atoms with Crippen LogP contribution in [0, 0.1) is 0 Å². The van der Waals surface area contributed by atoms with Crippen molar-refractivity contribution in [3.8, 4) is 0 Å². The van der Waals surface area contributed by atoms with Gasteiger partial charge in [-0.05, 0) is 0 Å². The van der Waals surface area contributed by atoms with Crippen LogP contribution in [-0.2, 0) is 9.59 Å². The van der Waals surface area contributed by atoms with Gasteiger partial charge in [0.2, 0.25) is 5.91 Å². The lowest BCUT2D eigenvalue weighted by Crippen LogP contribution is -2.28. The summed E-state index contributed by atoms with van der Waals surface area (Å²) in [6, 6.07) is 0. The lowest BCUT2D eigenvalue weighted by molar-refractivity contribution is -0.143. The van der Waals surface area contributed by atoms with Gasteiger partial charge in [-0.2, -0.15) is 0 Å². The SMILES string of the molecule is C=CCN(C)C(=O)CC(=O)O. The molecular weight excluding hydrogens is 146 g/mol. The third kappa shape index (κ3) is 4.13. The first kappa shape index (κ1) is 9.68. The molecule has 0 rings (SSSR count). The second kappa shape index (κ2) is 4.49. The Bertz CT molecular complexity index is 177. The fourth-order valence-corrected chi connectivity index (χ4v) is 0.560. The van der Waals surface area contributed by atoms with Crippen molar-refractivity contribution in [2.24, 2.45) is 0 Å². The standard InChI is InChI=1S/C7H11NO3/c1-3-4-8(2)6(9)5-7(10)11/h3H,1,4-5H2,2H3,(H,10,11). The van der Waals surface area contributed by atoms with Crippen molar-refractivity contribution in [3.63, 3.8) is 0 Å². The zero-order valence-corrected chi connectivity index (χ0v) is 6.41. The summed E-state index contributed by atoms with van der Waals surface area (Å²) in [6.07, 6.45) is 1.09. The van der Waals surface area contributed by atoms with Crippen molar-refractivity contribution in [3.05, 3.63) is 12.7 Å². The predicted octanol–water partition coefficient (Wildman–Crippen LogP) is 0.106. The van der Waals surface area contributed by atoms with Crippen LogP contribution in [0.1, 0.15) is 6.42 Å². The summed E-state index contributed by atoms with van der Waals surface area (Å²) in [7, 11) is 1.53. The van der Waals surface area contributed by atoms with E-state index in [1.54, 1.807) is 6.08 Å². The highest BCUT2D eigenvalue weighted by molar-refractivity contribution is 5.93. The Labute approximate surface area is 65.1 Å². The van der Waals surface area contributed by atoms with Gasteiger partial charge >= 0.3 is 5.97 Å². The Kier molecular flexibility index (Phi) is 3.95. The monoisotopic (exact) mass is 157 g/mol. The summed E-state index contributed by atoms with van der Waals surface area (Å²) in [5.74, 6) is -1.51. The Hall–Kier alpha value is -1.32. The van der Waals surface area contributed by atoms with E-state index in [-0.39, 0.29) is 0 Å². The quantitative estimate of drug-likeness (QED) is 0.465. The molecule has 0 aliphatic rings. The van der Waals surface area contributed by atoms with Crippen LogP contribution in [0.4, 0.5) is 0 Å². The minimum atomic E-state index is -1.11. The van der Waals surface area contributed by atoms with E-state index in [1.165, 1.54) is 11.9 Å². The topological polar surface area (TPSA) is 57.6 Å². The van der Waals surface area contributed by atoms with Crippen LogP contribution in [-0.4, -0.2) is 35.5 Å². The highest BCUT2D eigenvalue weighted by Gasteiger charge is 2.10. The fourth-order valence-electron chi connectivity index (χ4n) is 0.560. The van der Waals surface area contributed by atoms with E-state index in [9.17, 15) is 9.59 Å². The summed E-state index contributed by atoms with van der Waals surface area (Å²) >= 11 is 0. The number of carbonyl (C=O) groups excluding carboxylic acids is 1. The molecule has 62 valence electrons. The normalized spacial score (nSPS) is 8.82. The number of hydrogen-bond acceptors (Lipinski definition) is 2. The van der Waals surface area contributed by atoms with Crippen LogP contribution in [0.5, 0.6) is 0 Å². The Balaban J connectivity index is 3.82. The smallest absolute Gasteiger partial charge is 0.312 e. The molecule has 0 aromatic carbocycles. The summed E-state index contributed by atoms with van der Waals surface area (Å²) in [5, 5.41) is 8.23. The summed E-state index contributed by atoms with van der Waals surface area (Å²) in [5.41, 5.74) is 0. The van der Waals surface area contributed by atoms with E-state index in [4.69, 9.17) is 5.11 Å². The minimum absolute atomic E-state index is 0.381. The number of carbonyl (C=O) groups is 2. The molecule has 4 heteroatoms. The molecule has 0 aliphatic carbocycles. The number of hydrogen-bond donors (Lipinski definition) is 1. The highest BCUT2D eigenvalue weighted by Crippen LogP contribution is 1.90. The van der Waals surface area contributed by atoms with Crippen molar-refractivity contribution in [1.29, 1.82) is 0 Å². The molecule has 0 aliphatic heterocycles. The summed E-state index contributed by atoms with van der Waals surface area (Å²) in [4.78, 5) is 22.2. The Morgan fingerprint density at radius 1 is 1.64 bits per heavy atom. The van der Waals surface area contributed by atoms with E-state index in [0.29, 0.717) is 6.54 Å². The molecule has 11 heavy (non-hydrogen) atoms. The highest BCUT2D eigenvalue weighted by atomic mass is 16.4. The van der Waals surface area contributed by atoms with E-state index in [1.807, 2.05) is 0 Å². The van der Waals surface area contributed by atoms with Gasteiger partial charge < -0.3 is 10.0 Å². The first-order valence-corrected chi connectivity index (χ1v) is 3.14. The molecule has 0 aromatic rings. The fraction of sp³-hybridized carbons (Fsp3) is 0.429. The first-order chi connectivity index (χ1) is 5.07. The van der Waals surface area contributed by atoms with Crippen LogP contribution in [0.3, 0.4) is 0 Å². The second-order valence-corrected chi connectivity index (χ2v) is 2.13. The number of aliphatic carboxylic acids is 1. The van der Waals surface area contributed by atoms with Crippen LogP contribution in [0.15, 0.2) is 12.7 Å². The second-order valence-electron chi connectivity index (χ2n) is 2.13. The predicted molar refractivity (Wildman–Crippen MR) is 40.1 cm³/mol. The molecule has 0 spiro atoms. The van der Waals surface area contributed by atoms with Gasteiger partial charge in [0.25, 0.3) is 0 Å². The number of carboxylic acid groups (broad SMARTS) is 1. The number of rotatable bonds is 4. The summed E-state index contributed by atoms with van der Waals surface area (Å²) < 4.78 is 0. The molecule has 0 unspecified atom stereocenters. The van der Waals surface area contributed by atoms with E-state index in [0.717, 1.165) is 0 Å². The molecule has 0 heterocycles. The molecule has 0 fully saturated rings. The lowest BCUT2D eigenvalue weighted by Gasteiger charge is -2.12. The molecule has 0 saturated carbocycles. The zero-order chi connectivity index (χ0) is 8.85. The minimum Gasteiger partial charge on any atom is -0.481 e. The van der Waals surface area contributed by atoms with Gasteiger partial charge in [0, 0.05) is 13.6 Å². The molecular formula is C7H11NO3. The van der Waals surface area contributed by atoms with Crippen LogP contribution in [0.2, 0.25) is 0 Å². The van der Waals surface area contributed by atoms with Crippen molar-refractivity contribution < 1.29 is 14.7 Å². The van der Waals surface area contributed by atoms with Crippen molar-refractivity contribution in [2.45, 2.75) is 6.42 Å². The number of nitrogens with zero attached hydrogens (tertiary/aromatic N) is 1. The van der Waals surface area contributed by atoms with Crippen molar-refractivity contribution in [2.75, 3.05) is 13.6 Å². The molecule has 0 atom stereocenters. The van der Waals surface area contributed by atoms with Gasteiger partial charge in [-0.1, -0.05) is 6.08 Å². The van der Waals surface area contributed by atoms with Crippen molar-refractivity contribution in [1.82, 2.24) is 4.90 Å². The zero-order valence-electron chi connectivity index (χ0n) is 6.41. The number of amides is 1. The van der Waals surface area contributed by atoms with E-state index in [2.05, 4.69) is 6.58 Å². The van der Waals surface area contributed by atoms with Gasteiger partial charge in [0.1, 0.15) is 6.42 Å². The van der Waals surface area contributed by atoms with Crippen molar-refractivity contribution >= 4 is 11.9 Å². The van der Waals surface area contributed by atoms with Crippen LogP contribution < -0.4 is 0 Å². The third-order valence-corrected chi connectivity index (χ3v) is 1.13. The molecule has 4 nitrogen and oxygen atoms in total. The maximum atomic E-state index is 10.8. The molecule has 0 aromatic heterocycles. The van der Waals surface area contributed by atoms with E-state index >= 15 is 0 Å². The van der Waals surface area contributed by atoms with E-state index < -0.39 is 18.3 Å². The van der Waals surface area contributed by atoms with Gasteiger partial charge in [0.15, 0.2) is 0 Å². The lowest BCUT2D eigenvalue weighted by atomic mass is 10.4. The molecule has 0 radical (unpaired) electrons. The number of carboxylic acids is 1. The average Bonchev–Trinajstić information content (AvgIpc) is 1.86. The number of likely N-dealkylation sites (N-methyl/N-ethyl adjacent to an activating group) is 1. The molecule has 0 saturated heterocycles. The van der Waals surface area contributed by atoms with Gasteiger partial charge in [0.05, 0.1) is 0 Å². The van der Waals surface area contributed by atoms with Gasteiger partial charge in [-0.25, -0.2) is 0 Å². The Morgan fingerprint density at radius 2 is 2.18 bits per heavy atom. The maximum absolute atomic E-state index is 10.8. The maximum Gasteiger partial charge on any atom is 0.312 e. The molecule has 1 amide bonds. The summed E-state index contributed by atoms with van der Waals surface area (Å²) in [6.45, 7) is 3.80. The van der Waals surface area contributed by atoms with Gasteiger partial charge in [-0.15, -0.1) is 6.58 Å². The van der Waals surface area contributed by atoms with Crippen LogP contribution in [0.25, 0.3) is 0 Å². The molecule has 0 bridgehead atoms. The van der Waals surface area contributed by atoms with Crippen LogP contribution >= 0.6 is 0 Å². The largest absolute Gasteiger partial charge is 0.481 e. The third-order valence-electron chi connectivity index (χ3n) is 1.13.